The smallest absolute Gasteiger partial charge is 0.306 e. The van der Waals surface area contributed by atoms with Gasteiger partial charge in [0.1, 0.15) is 0 Å². The summed E-state index contributed by atoms with van der Waals surface area (Å²) in [6, 6.07) is 7.79. The number of rotatable bonds is 10. The van der Waals surface area contributed by atoms with E-state index in [0.717, 1.165) is 15.2 Å². The minimum absolute atomic E-state index is 0.177. The van der Waals surface area contributed by atoms with E-state index in [0.29, 0.717) is 26.0 Å². The van der Waals surface area contributed by atoms with Crippen molar-refractivity contribution >= 4 is 39.4 Å². The van der Waals surface area contributed by atoms with Crippen LogP contribution in [0.1, 0.15) is 31.2 Å². The zero-order valence-corrected chi connectivity index (χ0v) is 15.5. The molecule has 0 aliphatic heterocycles. The molecule has 0 saturated heterocycles. The lowest BCUT2D eigenvalue weighted by Crippen LogP contribution is -2.30. The van der Waals surface area contributed by atoms with Gasteiger partial charge in [-0.25, -0.2) is 4.98 Å². The van der Waals surface area contributed by atoms with E-state index in [1.165, 1.54) is 0 Å². The number of esters is 2. The fraction of sp³-hybridized carbons (Fsp3) is 0.444. The van der Waals surface area contributed by atoms with Gasteiger partial charge in [0.2, 0.25) is 0 Å². The Hall–Kier alpha value is -2.48. The zero-order valence-electron chi connectivity index (χ0n) is 14.7. The number of nitrogens with zero attached hydrogens (tertiary/aromatic N) is 1. The Morgan fingerprint density at radius 2 is 1.88 bits per heavy atom. The summed E-state index contributed by atoms with van der Waals surface area (Å²) in [4.78, 5) is 38.9. The van der Waals surface area contributed by atoms with Crippen molar-refractivity contribution in [1.82, 2.24) is 10.3 Å². The third kappa shape index (κ3) is 6.79. The third-order valence-electron chi connectivity index (χ3n) is 3.43. The predicted molar refractivity (Wildman–Crippen MR) is 97.8 cm³/mol. The molecule has 0 spiro atoms. The number of ether oxygens (including phenoxy) is 2. The summed E-state index contributed by atoms with van der Waals surface area (Å²) >= 11 is 1.55. The number of benzene rings is 1. The summed E-state index contributed by atoms with van der Waals surface area (Å²) in [7, 11) is 0. The van der Waals surface area contributed by atoms with Crippen molar-refractivity contribution in [3.05, 3.63) is 29.3 Å². The molecule has 8 heteroatoms. The van der Waals surface area contributed by atoms with Gasteiger partial charge in [-0.3, -0.25) is 14.4 Å². The molecule has 2 aromatic rings. The molecule has 7 nitrogen and oxygen atoms in total. The molecule has 0 atom stereocenters. The van der Waals surface area contributed by atoms with Crippen LogP contribution in [0.5, 0.6) is 0 Å². The van der Waals surface area contributed by atoms with Gasteiger partial charge in [0.15, 0.2) is 6.61 Å². The Balaban J connectivity index is 1.59. The Labute approximate surface area is 155 Å². The lowest BCUT2D eigenvalue weighted by molar-refractivity contribution is -0.148. The molecule has 0 saturated carbocycles. The number of nitrogens with one attached hydrogen (secondary N) is 1. The molecule has 0 aliphatic carbocycles. The first-order chi connectivity index (χ1) is 12.6. The third-order valence-corrected chi connectivity index (χ3v) is 4.53. The number of amides is 1. The van der Waals surface area contributed by atoms with Crippen LogP contribution in [0.2, 0.25) is 0 Å². The van der Waals surface area contributed by atoms with Crippen LogP contribution in [0.4, 0.5) is 0 Å². The maximum Gasteiger partial charge on any atom is 0.306 e. The second-order valence-electron chi connectivity index (χ2n) is 5.49. The molecule has 0 bridgehead atoms. The van der Waals surface area contributed by atoms with Crippen molar-refractivity contribution in [3.63, 3.8) is 0 Å². The average molecular weight is 378 g/mol. The van der Waals surface area contributed by atoms with Crippen molar-refractivity contribution in [2.45, 2.75) is 32.6 Å². The van der Waals surface area contributed by atoms with Gasteiger partial charge in [-0.15, -0.1) is 11.3 Å². The first-order valence-electron chi connectivity index (χ1n) is 8.51. The van der Waals surface area contributed by atoms with Gasteiger partial charge in [0.05, 0.1) is 28.3 Å². The standard InChI is InChI=1S/C18H22N2O5S/c1-2-24-17(22)8-5-11-19-15(21)12-25-18(23)10-9-16-20-13-6-3-4-7-14(13)26-16/h3-4,6-7H,2,5,8-12H2,1H3,(H,19,21). The average Bonchev–Trinajstić information content (AvgIpc) is 3.05. The van der Waals surface area contributed by atoms with Crippen LogP contribution in [-0.4, -0.2) is 42.6 Å². The highest BCUT2D eigenvalue weighted by molar-refractivity contribution is 7.18. The van der Waals surface area contributed by atoms with Gasteiger partial charge >= 0.3 is 11.9 Å². The second-order valence-corrected chi connectivity index (χ2v) is 6.61. The molecular weight excluding hydrogens is 356 g/mol. The highest BCUT2D eigenvalue weighted by Crippen LogP contribution is 2.22. The van der Waals surface area contributed by atoms with Crippen molar-refractivity contribution in [2.75, 3.05) is 19.8 Å². The lowest BCUT2D eigenvalue weighted by atomic mass is 10.3. The highest BCUT2D eigenvalue weighted by Gasteiger charge is 2.10. The van der Waals surface area contributed by atoms with Crippen molar-refractivity contribution in [2.24, 2.45) is 0 Å². The van der Waals surface area contributed by atoms with E-state index < -0.39 is 5.97 Å². The molecule has 1 amide bonds. The van der Waals surface area contributed by atoms with Crippen LogP contribution >= 0.6 is 11.3 Å². The van der Waals surface area contributed by atoms with Gasteiger partial charge in [-0.05, 0) is 25.5 Å². The SMILES string of the molecule is CCOC(=O)CCCNC(=O)COC(=O)CCc1nc2ccccc2s1. The fourth-order valence-electron chi connectivity index (χ4n) is 2.20. The first-order valence-corrected chi connectivity index (χ1v) is 9.32. The number of para-hydroxylation sites is 1. The van der Waals surface area contributed by atoms with Crippen molar-refractivity contribution in [1.29, 1.82) is 0 Å². The molecule has 1 aromatic heterocycles. The Morgan fingerprint density at radius 1 is 1.12 bits per heavy atom. The number of aromatic nitrogens is 1. The highest BCUT2D eigenvalue weighted by atomic mass is 32.1. The Kier molecular flexibility index (Phi) is 8.01. The monoisotopic (exact) mass is 378 g/mol. The number of aryl methyl sites for hydroxylation is 1. The van der Waals surface area contributed by atoms with Gasteiger partial charge in [0, 0.05) is 19.4 Å². The molecule has 0 fully saturated rings. The summed E-state index contributed by atoms with van der Waals surface area (Å²) in [5, 5.41) is 3.46. The van der Waals surface area contributed by atoms with E-state index in [-0.39, 0.29) is 31.3 Å². The number of carbonyl (C=O) groups is 3. The number of fused-ring (bicyclic) bond motifs is 1. The Morgan fingerprint density at radius 3 is 2.65 bits per heavy atom. The van der Waals surface area contributed by atoms with Gasteiger partial charge in [-0.2, -0.15) is 0 Å². The lowest BCUT2D eigenvalue weighted by Gasteiger charge is -2.06. The normalized spacial score (nSPS) is 10.5. The van der Waals surface area contributed by atoms with E-state index >= 15 is 0 Å². The predicted octanol–water partition coefficient (Wildman–Crippen LogP) is 2.23. The van der Waals surface area contributed by atoms with Crippen LogP contribution in [0.3, 0.4) is 0 Å². The number of hydrogen-bond donors (Lipinski definition) is 1. The van der Waals surface area contributed by atoms with E-state index in [2.05, 4.69) is 10.3 Å². The molecule has 0 radical (unpaired) electrons. The van der Waals surface area contributed by atoms with E-state index in [1.807, 2.05) is 24.3 Å². The zero-order chi connectivity index (χ0) is 18.8. The minimum Gasteiger partial charge on any atom is -0.466 e. The first kappa shape index (κ1) is 19.8. The minimum atomic E-state index is -0.439. The molecule has 1 aromatic carbocycles. The fourth-order valence-corrected chi connectivity index (χ4v) is 3.17. The summed E-state index contributed by atoms with van der Waals surface area (Å²) in [5.74, 6) is -1.11. The Bertz CT molecular complexity index is 726. The number of carbonyl (C=O) groups excluding carboxylic acids is 3. The van der Waals surface area contributed by atoms with Gasteiger partial charge in [-0.1, -0.05) is 12.1 Å². The molecule has 140 valence electrons. The summed E-state index contributed by atoms with van der Waals surface area (Å²) in [6.07, 6.45) is 1.39. The molecule has 1 heterocycles. The summed E-state index contributed by atoms with van der Waals surface area (Å²) < 4.78 is 10.8. The molecule has 26 heavy (non-hydrogen) atoms. The van der Waals surface area contributed by atoms with Crippen molar-refractivity contribution in [3.8, 4) is 0 Å². The second kappa shape index (κ2) is 10.5. The summed E-state index contributed by atoms with van der Waals surface area (Å²) in [5.41, 5.74) is 0.920. The van der Waals surface area contributed by atoms with E-state index in [1.54, 1.807) is 18.3 Å². The maximum absolute atomic E-state index is 11.7. The molecule has 0 unspecified atom stereocenters. The van der Waals surface area contributed by atoms with Crippen LogP contribution in [0, 0.1) is 0 Å². The number of hydrogen-bond acceptors (Lipinski definition) is 7. The quantitative estimate of drug-likeness (QED) is 0.503. The summed E-state index contributed by atoms with van der Waals surface area (Å²) in [6.45, 7) is 2.10. The topological polar surface area (TPSA) is 94.6 Å². The van der Waals surface area contributed by atoms with Crippen molar-refractivity contribution < 1.29 is 23.9 Å². The van der Waals surface area contributed by atoms with Gasteiger partial charge in [0.25, 0.3) is 5.91 Å². The van der Waals surface area contributed by atoms with Crippen LogP contribution in [0.15, 0.2) is 24.3 Å². The number of thiazole rings is 1. The molecule has 1 N–H and O–H groups in total. The molecule has 2 rings (SSSR count). The van der Waals surface area contributed by atoms with Crippen LogP contribution in [0.25, 0.3) is 10.2 Å². The molecular formula is C18H22N2O5S. The van der Waals surface area contributed by atoms with E-state index in [4.69, 9.17) is 9.47 Å². The largest absolute Gasteiger partial charge is 0.466 e. The maximum atomic E-state index is 11.7. The van der Waals surface area contributed by atoms with Crippen LogP contribution in [-0.2, 0) is 30.3 Å². The van der Waals surface area contributed by atoms with E-state index in [9.17, 15) is 14.4 Å². The molecule has 0 aliphatic rings. The van der Waals surface area contributed by atoms with Crippen LogP contribution < -0.4 is 5.32 Å². The van der Waals surface area contributed by atoms with Gasteiger partial charge < -0.3 is 14.8 Å².